The maximum Gasteiger partial charge on any atom is 0.338 e. The third-order valence-corrected chi connectivity index (χ3v) is 15.2. The van der Waals surface area contributed by atoms with Crippen molar-refractivity contribution in [3.05, 3.63) is 140 Å². The molecule has 0 saturated carbocycles. The fraction of sp³-hybridized carbons (Fsp3) is 0.350. The van der Waals surface area contributed by atoms with E-state index >= 15 is 0 Å². The molecule has 0 radical (unpaired) electrons. The van der Waals surface area contributed by atoms with E-state index in [2.05, 4.69) is 64.3 Å². The van der Waals surface area contributed by atoms with Crippen molar-refractivity contribution in [3.63, 3.8) is 0 Å². The molecule has 8 rings (SSSR count). The minimum Gasteiger partial charge on any atom is -0.511 e. The number of hydrogen-bond acceptors (Lipinski definition) is 14. The molecule has 2 aliphatic rings. The van der Waals surface area contributed by atoms with Crippen molar-refractivity contribution in [3.8, 4) is 0 Å². The van der Waals surface area contributed by atoms with Gasteiger partial charge in [-0.25, -0.2) is 19.7 Å². The van der Waals surface area contributed by atoms with E-state index in [0.29, 0.717) is 83.9 Å². The molecule has 3 amide bonds. The number of aliphatic hydroxyl groups excluding tert-OH is 1. The highest BCUT2D eigenvalue weighted by atomic mass is 16.4. The summed E-state index contributed by atoms with van der Waals surface area (Å²) >= 11 is 0. The lowest BCUT2D eigenvalue weighted by Gasteiger charge is -2.18. The number of benzene rings is 1. The molecule has 8 bridgehead atoms. The van der Waals surface area contributed by atoms with Gasteiger partial charge >= 0.3 is 11.9 Å². The number of H-pyrrole nitrogens is 3. The quantitative estimate of drug-likeness (QED) is 0.0200. The number of rotatable bonds is 24. The summed E-state index contributed by atoms with van der Waals surface area (Å²) < 4.78 is 0. The van der Waals surface area contributed by atoms with Crippen LogP contribution in [0.5, 0.6) is 0 Å². The summed E-state index contributed by atoms with van der Waals surface area (Å²) in [5.74, 6) is -4.35. The molecular weight excluding hydrogens is 1050 g/mol. The lowest BCUT2D eigenvalue weighted by Crippen LogP contribution is -2.37. The second-order valence-corrected chi connectivity index (χ2v) is 20.7. The summed E-state index contributed by atoms with van der Waals surface area (Å²) in [4.78, 5) is 109. The van der Waals surface area contributed by atoms with Crippen molar-refractivity contribution in [1.82, 2.24) is 55.8 Å². The van der Waals surface area contributed by atoms with Crippen LogP contribution in [0.25, 0.3) is 50.5 Å². The number of nitrogen functional groups attached to an aromatic ring is 1. The fourth-order valence-electron chi connectivity index (χ4n) is 10.6. The van der Waals surface area contributed by atoms with Crippen molar-refractivity contribution >= 4 is 91.7 Å². The number of allylic oxidation sites excluding steroid dienone is 2. The van der Waals surface area contributed by atoms with E-state index in [1.807, 2.05) is 45.9 Å². The normalized spacial score (nSPS) is 14.3. The Morgan fingerprint density at radius 1 is 0.829 bits per heavy atom. The summed E-state index contributed by atoms with van der Waals surface area (Å²) in [7, 11) is 0. The number of carboxylic acid groups (broad SMARTS) is 2. The van der Waals surface area contributed by atoms with Crippen LogP contribution in [0.1, 0.15) is 162 Å². The first-order chi connectivity index (χ1) is 39.2. The molecular formula is C60H69N13O9. The zero-order valence-electron chi connectivity index (χ0n) is 46.6. The molecule has 3 unspecified atom stereocenters. The minimum absolute atomic E-state index is 0.0288. The Balaban J connectivity index is 0.828. The van der Waals surface area contributed by atoms with E-state index in [9.17, 15) is 44.1 Å². The smallest absolute Gasteiger partial charge is 0.338 e. The van der Waals surface area contributed by atoms with Gasteiger partial charge in [0.05, 0.1) is 59.1 Å². The Morgan fingerprint density at radius 2 is 1.51 bits per heavy atom. The highest BCUT2D eigenvalue weighted by molar-refractivity contribution is 6.03. The number of aliphatic hydroxyl groups is 1. The first-order valence-electron chi connectivity index (χ1n) is 27.4. The number of anilines is 2. The average molecular weight is 1120 g/mol. The number of nitrogens with two attached hydrogens (primary N) is 1. The molecule has 1 aromatic carbocycles. The van der Waals surface area contributed by atoms with Crippen LogP contribution in [0, 0.1) is 13.8 Å². The first kappa shape index (κ1) is 58.7. The van der Waals surface area contributed by atoms with E-state index in [0.717, 1.165) is 51.8 Å². The van der Waals surface area contributed by atoms with E-state index in [4.69, 9.17) is 15.7 Å². The second kappa shape index (κ2) is 25.8. The largest absolute Gasteiger partial charge is 0.511 e. The van der Waals surface area contributed by atoms with E-state index < -0.39 is 41.8 Å². The molecule has 5 aromatic heterocycles. The summed E-state index contributed by atoms with van der Waals surface area (Å²) in [5, 5.41) is 43.1. The SMILES string of the molecule is C=Cc1c(C)c2cc3nc(c(CC(=O)O)c4[nH]c(cc5nc(cc1[nH]2)C(C)=C5CC)c(C)c4C(=O)O)C(CCC(=O)NCCCCCCNC(=O)CCC(NC(=O)c1ccc(NCc2cnc4nc(N)[nH]c(=O)c4n2)cc1)C(=C)O)C3C. The number of aromatic nitrogens is 8. The number of carbonyl (C=O) groups excluding carboxylic acids is 3. The highest BCUT2D eigenvalue weighted by Gasteiger charge is 2.34. The topological polar surface area (TPSA) is 349 Å². The van der Waals surface area contributed by atoms with Gasteiger partial charge in [-0.15, -0.1) is 0 Å². The third kappa shape index (κ3) is 13.4. The summed E-state index contributed by atoms with van der Waals surface area (Å²) in [6, 6.07) is 11.5. The van der Waals surface area contributed by atoms with Gasteiger partial charge in [-0.1, -0.05) is 45.9 Å². The molecule has 0 aliphatic carbocycles. The van der Waals surface area contributed by atoms with Crippen molar-refractivity contribution in [2.75, 3.05) is 24.1 Å². The molecule has 3 atom stereocenters. The lowest BCUT2D eigenvalue weighted by molar-refractivity contribution is -0.136. The monoisotopic (exact) mass is 1120 g/mol. The summed E-state index contributed by atoms with van der Waals surface area (Å²) in [6.45, 7) is 18.5. The third-order valence-electron chi connectivity index (χ3n) is 15.2. The molecule has 428 valence electrons. The Morgan fingerprint density at radius 3 is 2.17 bits per heavy atom. The van der Waals surface area contributed by atoms with Crippen molar-refractivity contribution in [2.45, 2.75) is 123 Å². The molecule has 12 N–H and O–H groups in total. The molecule has 22 nitrogen and oxygen atoms in total. The maximum atomic E-state index is 13.5. The summed E-state index contributed by atoms with van der Waals surface area (Å²) in [6.07, 6.45) is 6.95. The zero-order valence-corrected chi connectivity index (χ0v) is 46.6. The average Bonchev–Trinajstić information content (AvgIpc) is 3.08. The van der Waals surface area contributed by atoms with Crippen LogP contribution in [0.2, 0.25) is 0 Å². The number of nitrogens with zero attached hydrogens (tertiary/aromatic N) is 5. The van der Waals surface area contributed by atoms with Crippen LogP contribution in [0.3, 0.4) is 0 Å². The van der Waals surface area contributed by atoms with Crippen molar-refractivity contribution < 1.29 is 39.3 Å². The van der Waals surface area contributed by atoms with Gasteiger partial charge in [-0.3, -0.25) is 33.9 Å². The van der Waals surface area contributed by atoms with Crippen LogP contribution in [-0.4, -0.2) is 104 Å². The lowest BCUT2D eigenvalue weighted by atomic mass is 9.85. The fourth-order valence-corrected chi connectivity index (χ4v) is 10.6. The first-order valence-corrected chi connectivity index (χ1v) is 27.4. The van der Waals surface area contributed by atoms with E-state index in [-0.39, 0.29) is 83.1 Å². The predicted molar refractivity (Wildman–Crippen MR) is 315 cm³/mol. The molecule has 2 aliphatic heterocycles. The number of nitrogens with one attached hydrogen (secondary N) is 7. The number of carboxylic acids is 2. The van der Waals surface area contributed by atoms with Gasteiger partial charge < -0.3 is 52.3 Å². The van der Waals surface area contributed by atoms with Crippen LogP contribution in [0.15, 0.2) is 72.4 Å². The summed E-state index contributed by atoms with van der Waals surface area (Å²) in [5.41, 5.74) is 15.9. The molecule has 82 heavy (non-hydrogen) atoms. The number of aliphatic carboxylic acids is 1. The number of amides is 3. The number of aromatic carboxylic acids is 1. The minimum atomic E-state index is -1.22. The van der Waals surface area contributed by atoms with E-state index in [1.165, 1.54) is 6.20 Å². The standard InChI is InChI=1S/C60H69N13O9/c1-8-38-30(3)43-25-45-32(5)40(53(69-45)41(24-51(77)78)54-52(59(81)82)33(6)46(70-54)27-48-39(9-2)31(4)44(68-48)26-47(38)67-43)18-20-49(75)62-22-12-10-11-13-23-63-50(76)21-19-42(34(7)74)71-57(79)35-14-16-36(17-15-35)64-28-37-29-65-56-55(66-37)58(80)73-60(61)72-56/h8,14-17,25-27,29,32,40,42,64,67,70,74H,1,7,9-13,18-24,28H2,2-6H3,(H,62,75)(H,63,76)(H,71,79)(H,77,78)(H,81,82)(H3,61,65,72,73,80). The van der Waals surface area contributed by atoms with Crippen molar-refractivity contribution in [2.24, 2.45) is 0 Å². The molecule has 7 heterocycles. The predicted octanol–water partition coefficient (Wildman–Crippen LogP) is 8.57. The second-order valence-electron chi connectivity index (χ2n) is 20.7. The highest BCUT2D eigenvalue weighted by Crippen LogP contribution is 2.43. The van der Waals surface area contributed by atoms with Crippen LogP contribution in [-0.2, 0) is 27.3 Å². The number of aryl methyl sites for hydroxylation is 2. The molecule has 0 spiro atoms. The number of fused-ring (bicyclic) bond motifs is 9. The Labute approximate surface area is 472 Å². The van der Waals surface area contributed by atoms with Gasteiger partial charge in [0.2, 0.25) is 17.8 Å². The number of hydrogen-bond donors (Lipinski definition) is 11. The van der Waals surface area contributed by atoms with Crippen LogP contribution >= 0.6 is 0 Å². The van der Waals surface area contributed by atoms with Crippen LogP contribution < -0.4 is 32.6 Å². The van der Waals surface area contributed by atoms with Gasteiger partial charge in [-0.2, -0.15) is 4.98 Å². The molecule has 0 saturated heterocycles. The van der Waals surface area contributed by atoms with Gasteiger partial charge in [-0.05, 0) is 118 Å². The van der Waals surface area contributed by atoms with Gasteiger partial charge in [0, 0.05) is 82.4 Å². The van der Waals surface area contributed by atoms with E-state index in [1.54, 1.807) is 37.3 Å². The zero-order chi connectivity index (χ0) is 58.9. The molecule has 0 fully saturated rings. The Bertz CT molecular complexity index is 3780. The number of unbranched alkanes of at least 4 members (excludes halogenated alkanes) is 3. The number of aromatic amines is 3. The number of carbonyl (C=O) groups is 5. The molecule has 22 heteroatoms. The van der Waals surface area contributed by atoms with Gasteiger partial charge in [0.25, 0.3) is 11.5 Å². The Kier molecular flexibility index (Phi) is 18.4. The van der Waals surface area contributed by atoms with Crippen LogP contribution in [0.4, 0.5) is 11.6 Å². The molecule has 6 aromatic rings. The van der Waals surface area contributed by atoms with Crippen molar-refractivity contribution in [1.29, 1.82) is 0 Å². The Hall–Kier alpha value is -9.47. The van der Waals surface area contributed by atoms with Gasteiger partial charge in [0.15, 0.2) is 11.2 Å². The maximum absolute atomic E-state index is 13.5. The van der Waals surface area contributed by atoms with Gasteiger partial charge in [0.1, 0.15) is 5.76 Å².